The fourth-order valence-corrected chi connectivity index (χ4v) is 5.58. The van der Waals surface area contributed by atoms with Gasteiger partial charge in [0, 0.05) is 28.5 Å². The predicted octanol–water partition coefficient (Wildman–Crippen LogP) is -2.16. The summed E-state index contributed by atoms with van der Waals surface area (Å²) in [5, 5.41) is 28.8. The topological polar surface area (TPSA) is 208 Å². The van der Waals surface area contributed by atoms with Crippen molar-refractivity contribution in [2.45, 2.75) is 14.7 Å². The molecule has 0 aliphatic heterocycles. The molecule has 0 fully saturated rings. The second kappa shape index (κ2) is 11.5. The zero-order valence-corrected chi connectivity index (χ0v) is 26.5. The van der Waals surface area contributed by atoms with Gasteiger partial charge in [0.25, 0.3) is 20.2 Å². The minimum absolute atomic E-state index is 0. The van der Waals surface area contributed by atoms with E-state index in [0.29, 0.717) is 0 Å². The first-order chi connectivity index (χ1) is 16.6. The number of hydrogen-bond donors (Lipinski definition) is 4. The summed E-state index contributed by atoms with van der Waals surface area (Å²) in [6.07, 6.45) is 0.934. The van der Waals surface area contributed by atoms with Crippen LogP contribution in [-0.4, -0.2) is 50.8 Å². The molecule has 4 aromatic carbocycles. The number of aromatic hydroxyl groups is 2. The van der Waals surface area contributed by atoms with Crippen molar-refractivity contribution < 1.29 is 105 Å². The van der Waals surface area contributed by atoms with Gasteiger partial charge >= 0.3 is 59.1 Å². The number of phenolic OH excluding ortho intramolecular Hbond substituents is 2. The Balaban J connectivity index is 0.00000253. The van der Waals surface area contributed by atoms with Crippen molar-refractivity contribution in [2.75, 3.05) is 6.26 Å². The third-order valence-electron chi connectivity index (χ3n) is 5.21. The first-order valence-corrected chi connectivity index (χ1v) is 14.5. The minimum atomic E-state index is -4.99. The normalized spacial score (nSPS) is 12.4. The molecular formula is C21H17N2Na2O10S3+. The van der Waals surface area contributed by atoms with Crippen LogP contribution in [-0.2, 0) is 30.1 Å². The second-order valence-corrected chi connectivity index (χ2v) is 12.5. The maximum Gasteiger partial charge on any atom is 1.00 e. The van der Waals surface area contributed by atoms with Crippen LogP contribution in [0.25, 0.3) is 21.5 Å². The van der Waals surface area contributed by atoms with Gasteiger partial charge < -0.3 is 11.6 Å². The summed E-state index contributed by atoms with van der Waals surface area (Å²) in [5.41, 5.74) is -0.766. The van der Waals surface area contributed by atoms with Gasteiger partial charge in [-0.2, -0.15) is 16.8 Å². The molecule has 4 aromatic rings. The van der Waals surface area contributed by atoms with Crippen LogP contribution < -0.4 is 59.1 Å². The molecule has 17 heteroatoms. The summed E-state index contributed by atoms with van der Waals surface area (Å²) in [5.74, 6) is -1.71. The van der Waals surface area contributed by atoms with Crippen molar-refractivity contribution in [3.8, 4) is 11.5 Å². The summed E-state index contributed by atoms with van der Waals surface area (Å²) in [6.45, 7) is 0. The number of fused-ring (bicyclic) bond motifs is 2. The van der Waals surface area contributed by atoms with Crippen LogP contribution in [0.4, 0.5) is 11.4 Å². The molecule has 0 radical (unpaired) electrons. The Morgan fingerprint density at radius 3 is 1.79 bits per heavy atom. The molecular weight excluding hydrogens is 582 g/mol. The predicted molar refractivity (Wildman–Crippen MR) is 129 cm³/mol. The molecule has 0 heterocycles. The first kappa shape index (κ1) is 32.6. The van der Waals surface area contributed by atoms with Gasteiger partial charge in [0.2, 0.25) is 0 Å². The largest absolute Gasteiger partial charge is 1.00 e. The Labute approximate surface area is 262 Å². The Hall–Kier alpha value is -1.63. The average molecular weight is 600 g/mol. The van der Waals surface area contributed by atoms with Gasteiger partial charge in [-0.25, -0.2) is 8.42 Å². The summed E-state index contributed by atoms with van der Waals surface area (Å²) in [4.78, 5) is -1.73. The Bertz CT molecular complexity index is 1950. The third-order valence-corrected chi connectivity index (χ3v) is 8.09. The smallest absolute Gasteiger partial charge is 1.00 e. The molecule has 0 bridgehead atoms. The molecule has 12 nitrogen and oxygen atoms in total. The standard InChI is InChI=1S/C21H16N2O10S3.2Na.H/c1-34(26,27)12-6-7-13-11(8-12)9-18(36(31,32)33)21(25)20(13)23-22-19-15-5-3-2-4-14(15)17(10-16(19)24)35(28,29)30;;;/h2-10,24-25H,1H3,(H,28,29,30)(H,31,32,33);;;/q;2*+1;-1. The van der Waals surface area contributed by atoms with Gasteiger partial charge in [0.1, 0.15) is 26.9 Å². The molecule has 190 valence electrons. The number of benzene rings is 4. The maximum absolute atomic E-state index is 11.9. The minimum Gasteiger partial charge on any atom is -1.00 e. The summed E-state index contributed by atoms with van der Waals surface area (Å²) in [6, 6.07) is 10.9. The van der Waals surface area contributed by atoms with Gasteiger partial charge in [-0.1, -0.05) is 30.3 Å². The van der Waals surface area contributed by atoms with Crippen LogP contribution in [0, 0.1) is 0 Å². The van der Waals surface area contributed by atoms with Crippen LogP contribution in [0.3, 0.4) is 0 Å². The quantitative estimate of drug-likeness (QED) is 0.111. The van der Waals surface area contributed by atoms with Crippen LogP contribution in [0.2, 0.25) is 0 Å². The third kappa shape index (κ3) is 6.39. The van der Waals surface area contributed by atoms with E-state index in [4.69, 9.17) is 0 Å². The SMILES string of the molecule is CS(=O)(=O)c1ccc2c(N=Nc3c(O)cc(S(=O)(=O)O)c4ccccc34)c(O)c(S(=O)(=O)O)cc2c1.[H-].[Na+].[Na+]. The van der Waals surface area contributed by atoms with E-state index in [1.807, 2.05) is 0 Å². The van der Waals surface area contributed by atoms with Gasteiger partial charge in [-0.05, 0) is 23.6 Å². The van der Waals surface area contributed by atoms with E-state index in [-0.39, 0.29) is 92.7 Å². The van der Waals surface area contributed by atoms with Crippen LogP contribution >= 0.6 is 0 Å². The van der Waals surface area contributed by atoms with Crippen LogP contribution in [0.1, 0.15) is 1.43 Å². The molecule has 0 spiro atoms. The molecule has 0 saturated heterocycles. The number of nitrogens with zero attached hydrogens (tertiary/aromatic N) is 2. The van der Waals surface area contributed by atoms with E-state index in [2.05, 4.69) is 10.2 Å². The Morgan fingerprint density at radius 1 is 0.684 bits per heavy atom. The zero-order valence-electron chi connectivity index (χ0n) is 21.1. The van der Waals surface area contributed by atoms with E-state index in [1.165, 1.54) is 36.4 Å². The van der Waals surface area contributed by atoms with E-state index in [9.17, 15) is 44.6 Å². The van der Waals surface area contributed by atoms with E-state index in [0.717, 1.165) is 24.5 Å². The van der Waals surface area contributed by atoms with Crippen LogP contribution in [0.15, 0.2) is 79.5 Å². The maximum atomic E-state index is 11.9. The molecule has 0 saturated carbocycles. The monoisotopic (exact) mass is 599 g/mol. The molecule has 0 aromatic heterocycles. The van der Waals surface area contributed by atoms with Crippen molar-refractivity contribution >= 4 is 63.0 Å². The molecule has 4 rings (SSSR count). The molecule has 38 heavy (non-hydrogen) atoms. The first-order valence-electron chi connectivity index (χ1n) is 9.70. The number of sulfone groups is 1. The molecule has 0 atom stereocenters. The summed E-state index contributed by atoms with van der Waals surface area (Å²) < 4.78 is 90.1. The number of rotatable bonds is 5. The number of hydrogen-bond acceptors (Lipinski definition) is 10. The average Bonchev–Trinajstić information content (AvgIpc) is 2.76. The van der Waals surface area contributed by atoms with E-state index >= 15 is 0 Å². The van der Waals surface area contributed by atoms with Crippen molar-refractivity contribution in [3.63, 3.8) is 0 Å². The molecule has 0 unspecified atom stereocenters. The van der Waals surface area contributed by atoms with Crippen molar-refractivity contribution in [1.82, 2.24) is 0 Å². The summed E-state index contributed by atoms with van der Waals surface area (Å²) in [7, 11) is -13.4. The molecule has 0 aliphatic rings. The second-order valence-electron chi connectivity index (χ2n) is 7.67. The van der Waals surface area contributed by atoms with Gasteiger partial charge in [0.15, 0.2) is 15.6 Å². The van der Waals surface area contributed by atoms with Crippen molar-refractivity contribution in [1.29, 1.82) is 0 Å². The van der Waals surface area contributed by atoms with Gasteiger partial charge in [-0.3, -0.25) is 9.11 Å². The fraction of sp³-hybridized carbons (Fsp3) is 0.0476. The number of azo groups is 1. The van der Waals surface area contributed by atoms with Gasteiger partial charge in [0.05, 0.1) is 4.90 Å². The van der Waals surface area contributed by atoms with E-state index < -0.39 is 57.1 Å². The van der Waals surface area contributed by atoms with Crippen molar-refractivity contribution in [3.05, 3.63) is 54.6 Å². The van der Waals surface area contributed by atoms with Gasteiger partial charge in [-0.15, -0.1) is 10.2 Å². The summed E-state index contributed by atoms with van der Waals surface area (Å²) >= 11 is 0. The zero-order chi connectivity index (χ0) is 26.6. The van der Waals surface area contributed by atoms with Crippen LogP contribution in [0.5, 0.6) is 11.5 Å². The number of phenols is 2. The Morgan fingerprint density at radius 2 is 1.24 bits per heavy atom. The van der Waals surface area contributed by atoms with Crippen molar-refractivity contribution in [2.24, 2.45) is 10.2 Å². The fourth-order valence-electron chi connectivity index (χ4n) is 3.59. The molecule has 4 N–H and O–H groups in total. The molecule has 0 aliphatic carbocycles. The van der Waals surface area contributed by atoms with E-state index in [1.54, 1.807) is 0 Å². The Kier molecular flexibility index (Phi) is 9.83. The molecule has 0 amide bonds.